The molecule has 3 aromatic rings. The van der Waals surface area contributed by atoms with Crippen molar-refractivity contribution in [2.24, 2.45) is 0 Å². The molecule has 0 aliphatic heterocycles. The first-order chi connectivity index (χ1) is 14.5. The van der Waals surface area contributed by atoms with Crippen LogP contribution in [0.4, 0.5) is 5.69 Å². The van der Waals surface area contributed by atoms with Crippen LogP contribution in [-0.2, 0) is 9.53 Å². The smallest absolute Gasteiger partial charge is 0.319 e. The Morgan fingerprint density at radius 1 is 0.933 bits per heavy atom. The van der Waals surface area contributed by atoms with Gasteiger partial charge in [0.1, 0.15) is 0 Å². The molecular weight excluding hydrogens is 512 g/mol. The molecule has 1 atom stereocenters. The molecule has 2 N–H and O–H groups in total. The second-order valence-electron chi connectivity index (χ2n) is 6.49. The van der Waals surface area contributed by atoms with Gasteiger partial charge in [0.25, 0.3) is 5.91 Å². The van der Waals surface area contributed by atoms with E-state index in [2.05, 4.69) is 42.5 Å². The molecule has 3 rings (SSSR count). The molecule has 1 amide bonds. The molecule has 0 bridgehead atoms. The molecule has 0 aliphatic carbocycles. The molecule has 154 valence electrons. The summed E-state index contributed by atoms with van der Waals surface area (Å²) in [5.74, 6) is -0.586. The van der Waals surface area contributed by atoms with Crippen molar-refractivity contribution in [3.8, 4) is 0 Å². The predicted molar refractivity (Wildman–Crippen MR) is 125 cm³/mol. The minimum absolute atomic E-state index is 0.0304. The van der Waals surface area contributed by atoms with E-state index >= 15 is 0 Å². The van der Waals surface area contributed by atoms with Gasteiger partial charge in [-0.3, -0.25) is 14.9 Å². The Morgan fingerprint density at radius 3 is 2.27 bits per heavy atom. The number of rotatable bonds is 7. The molecule has 5 nitrogen and oxygen atoms in total. The van der Waals surface area contributed by atoms with Crippen molar-refractivity contribution in [3.05, 3.63) is 98.4 Å². The lowest BCUT2D eigenvalue weighted by atomic mass is 9.96. The Labute approximate surface area is 192 Å². The van der Waals surface area contributed by atoms with Gasteiger partial charge in [0, 0.05) is 20.2 Å². The van der Waals surface area contributed by atoms with Gasteiger partial charge in [-0.25, -0.2) is 0 Å². The second kappa shape index (κ2) is 10.5. The molecular formula is C23H20Br2N2O3. The summed E-state index contributed by atoms with van der Waals surface area (Å²) in [6.45, 7) is 0.0304. The second-order valence-corrected chi connectivity index (χ2v) is 8.32. The van der Waals surface area contributed by atoms with Crippen LogP contribution < -0.4 is 10.6 Å². The third-order valence-electron chi connectivity index (χ3n) is 4.49. The lowest BCUT2D eigenvalue weighted by molar-refractivity contribution is -0.139. The minimum atomic E-state index is -0.369. The Balaban J connectivity index is 1.96. The highest BCUT2D eigenvalue weighted by Crippen LogP contribution is 2.31. The minimum Gasteiger partial charge on any atom is -0.468 e. The molecule has 0 aliphatic rings. The monoisotopic (exact) mass is 530 g/mol. The van der Waals surface area contributed by atoms with Gasteiger partial charge in [0.2, 0.25) is 0 Å². The number of hydrogen-bond acceptors (Lipinski definition) is 4. The van der Waals surface area contributed by atoms with E-state index in [1.165, 1.54) is 7.11 Å². The number of methoxy groups -OCH3 is 1. The highest BCUT2D eigenvalue weighted by atomic mass is 79.9. The number of nitrogens with one attached hydrogen (secondary N) is 2. The van der Waals surface area contributed by atoms with E-state index in [4.69, 9.17) is 4.74 Å². The normalized spacial score (nSPS) is 11.6. The van der Waals surface area contributed by atoms with Gasteiger partial charge < -0.3 is 10.1 Å². The van der Waals surface area contributed by atoms with Gasteiger partial charge in [0.05, 0.1) is 19.7 Å². The first-order valence-corrected chi connectivity index (χ1v) is 10.8. The van der Waals surface area contributed by atoms with Crippen LogP contribution in [0.15, 0.2) is 81.7 Å². The summed E-state index contributed by atoms with van der Waals surface area (Å²) >= 11 is 6.89. The SMILES string of the molecule is COC(=O)CN[C@@H](c1ccccc1)c1cc(Br)ccc1NC(=O)c1ccc(Br)cc1. The van der Waals surface area contributed by atoms with Crippen LogP contribution in [0, 0.1) is 0 Å². The summed E-state index contributed by atoms with van der Waals surface area (Å²) in [5, 5.41) is 6.23. The van der Waals surface area contributed by atoms with Crippen molar-refractivity contribution < 1.29 is 14.3 Å². The van der Waals surface area contributed by atoms with Crippen molar-refractivity contribution in [1.29, 1.82) is 0 Å². The largest absolute Gasteiger partial charge is 0.468 e. The average Bonchev–Trinajstić information content (AvgIpc) is 2.76. The number of hydrogen-bond donors (Lipinski definition) is 2. The summed E-state index contributed by atoms with van der Waals surface area (Å²) in [5.41, 5.74) is 2.98. The van der Waals surface area contributed by atoms with E-state index in [0.717, 1.165) is 20.1 Å². The molecule has 0 fully saturated rings. The van der Waals surface area contributed by atoms with Crippen LogP contribution >= 0.6 is 31.9 Å². The Kier molecular flexibility index (Phi) is 7.79. The number of ether oxygens (including phenoxy) is 1. The van der Waals surface area contributed by atoms with Crippen LogP contribution in [-0.4, -0.2) is 25.5 Å². The van der Waals surface area contributed by atoms with Crippen LogP contribution in [0.25, 0.3) is 0 Å². The highest BCUT2D eigenvalue weighted by molar-refractivity contribution is 9.10. The Hall–Kier alpha value is -2.48. The summed E-state index contributed by atoms with van der Waals surface area (Å²) in [7, 11) is 1.35. The maximum absolute atomic E-state index is 12.8. The van der Waals surface area contributed by atoms with Crippen LogP contribution in [0.2, 0.25) is 0 Å². The molecule has 0 spiro atoms. The molecule has 0 heterocycles. The lowest BCUT2D eigenvalue weighted by Crippen LogP contribution is -2.30. The molecule has 0 unspecified atom stereocenters. The van der Waals surface area contributed by atoms with E-state index < -0.39 is 0 Å². The van der Waals surface area contributed by atoms with Crippen molar-refractivity contribution >= 4 is 49.4 Å². The number of esters is 1. The average molecular weight is 532 g/mol. The lowest BCUT2D eigenvalue weighted by Gasteiger charge is -2.23. The summed E-state index contributed by atoms with van der Waals surface area (Å²) in [6.07, 6.45) is 0. The van der Waals surface area contributed by atoms with Gasteiger partial charge >= 0.3 is 5.97 Å². The third-order valence-corrected chi connectivity index (χ3v) is 5.51. The van der Waals surface area contributed by atoms with E-state index in [1.54, 1.807) is 12.1 Å². The van der Waals surface area contributed by atoms with Gasteiger partial charge in [-0.1, -0.05) is 62.2 Å². The zero-order valence-electron chi connectivity index (χ0n) is 16.2. The number of halogens is 2. The standard InChI is InChI=1S/C23H20Br2N2O3/c1-30-21(28)14-26-22(15-5-3-2-4-6-15)19-13-18(25)11-12-20(19)27-23(29)16-7-9-17(24)10-8-16/h2-13,22,26H,14H2,1H3,(H,27,29)/t22-/m0/s1. The molecule has 0 saturated heterocycles. The fourth-order valence-electron chi connectivity index (χ4n) is 2.99. The molecule has 3 aromatic carbocycles. The number of amides is 1. The quantitative estimate of drug-likeness (QED) is 0.405. The van der Waals surface area contributed by atoms with Crippen molar-refractivity contribution in [2.45, 2.75) is 6.04 Å². The van der Waals surface area contributed by atoms with E-state index in [0.29, 0.717) is 11.3 Å². The fourth-order valence-corrected chi connectivity index (χ4v) is 3.64. The first-order valence-electron chi connectivity index (χ1n) is 9.19. The van der Waals surface area contributed by atoms with E-state index in [-0.39, 0.29) is 24.5 Å². The Morgan fingerprint density at radius 2 is 1.60 bits per heavy atom. The third kappa shape index (κ3) is 5.78. The molecule has 0 radical (unpaired) electrons. The van der Waals surface area contributed by atoms with Crippen LogP contribution in [0.1, 0.15) is 27.5 Å². The molecule has 0 aromatic heterocycles. The van der Waals surface area contributed by atoms with E-state index in [1.807, 2.05) is 60.7 Å². The fraction of sp³-hybridized carbons (Fsp3) is 0.130. The number of carbonyl (C=O) groups excluding carboxylic acids is 2. The van der Waals surface area contributed by atoms with Crippen molar-refractivity contribution in [3.63, 3.8) is 0 Å². The van der Waals surface area contributed by atoms with Gasteiger partial charge in [-0.05, 0) is 53.6 Å². The number of carbonyl (C=O) groups is 2. The zero-order valence-corrected chi connectivity index (χ0v) is 19.4. The van der Waals surface area contributed by atoms with Crippen molar-refractivity contribution in [2.75, 3.05) is 19.0 Å². The van der Waals surface area contributed by atoms with Gasteiger partial charge in [-0.15, -0.1) is 0 Å². The van der Waals surface area contributed by atoms with Crippen LogP contribution in [0.3, 0.4) is 0 Å². The maximum atomic E-state index is 12.8. The summed E-state index contributed by atoms with van der Waals surface area (Å²) in [6, 6.07) is 22.2. The molecule has 30 heavy (non-hydrogen) atoms. The van der Waals surface area contributed by atoms with Crippen molar-refractivity contribution in [1.82, 2.24) is 5.32 Å². The van der Waals surface area contributed by atoms with Crippen LogP contribution in [0.5, 0.6) is 0 Å². The molecule has 7 heteroatoms. The number of benzene rings is 3. The predicted octanol–water partition coefficient (Wildman–Crippen LogP) is 5.32. The highest BCUT2D eigenvalue weighted by Gasteiger charge is 2.20. The number of anilines is 1. The summed E-state index contributed by atoms with van der Waals surface area (Å²) < 4.78 is 6.54. The molecule has 0 saturated carbocycles. The van der Waals surface area contributed by atoms with Gasteiger partial charge in [-0.2, -0.15) is 0 Å². The first kappa shape index (κ1) is 22.2. The topological polar surface area (TPSA) is 67.4 Å². The maximum Gasteiger partial charge on any atom is 0.319 e. The summed E-state index contributed by atoms with van der Waals surface area (Å²) in [4.78, 5) is 24.6. The van der Waals surface area contributed by atoms with E-state index in [9.17, 15) is 9.59 Å². The Bertz CT molecular complexity index is 1020. The van der Waals surface area contributed by atoms with Gasteiger partial charge in [0.15, 0.2) is 0 Å². The zero-order chi connectivity index (χ0) is 21.5.